The van der Waals surface area contributed by atoms with Gasteiger partial charge in [-0.2, -0.15) is 26.3 Å². The molecule has 208 valence electrons. The minimum Gasteiger partial charge on any atom is -0.371 e. The maximum Gasteiger partial charge on any atom is 0.416 e. The van der Waals surface area contributed by atoms with E-state index < -0.39 is 35.1 Å². The zero-order valence-electron chi connectivity index (χ0n) is 20.2. The minimum atomic E-state index is -4.90. The number of benzene rings is 2. The third kappa shape index (κ3) is 5.68. The summed E-state index contributed by atoms with van der Waals surface area (Å²) < 4.78 is 88.1. The lowest BCUT2D eigenvalue weighted by Gasteiger charge is -2.42. The van der Waals surface area contributed by atoms with Crippen molar-refractivity contribution in [3.05, 3.63) is 89.0 Å². The molecular formula is C26H27Cl2F6N3O. The molecule has 2 bridgehead atoms. The first-order chi connectivity index (χ1) is 17.0. The summed E-state index contributed by atoms with van der Waals surface area (Å²) in [6.45, 7) is -0.369. The number of nitrogens with zero attached hydrogens (tertiary/aromatic N) is 2. The lowest BCUT2D eigenvalue weighted by Crippen LogP contribution is -2.54. The van der Waals surface area contributed by atoms with Crippen molar-refractivity contribution in [2.75, 3.05) is 0 Å². The Bertz CT molecular complexity index is 1200. The van der Waals surface area contributed by atoms with Crippen LogP contribution < -0.4 is 5.32 Å². The van der Waals surface area contributed by atoms with Gasteiger partial charge in [0.15, 0.2) is 0 Å². The van der Waals surface area contributed by atoms with Crippen molar-refractivity contribution in [3.63, 3.8) is 0 Å². The summed E-state index contributed by atoms with van der Waals surface area (Å²) in [5.74, 6) is 1.02. The van der Waals surface area contributed by atoms with Gasteiger partial charge in [0.2, 0.25) is 0 Å². The Balaban J connectivity index is 0.00000200. The minimum absolute atomic E-state index is 0. The quantitative estimate of drug-likeness (QED) is 0.329. The molecule has 2 fully saturated rings. The molecule has 0 radical (unpaired) electrons. The molecule has 2 aliphatic rings. The van der Waals surface area contributed by atoms with Crippen LogP contribution in [-0.2, 0) is 36.3 Å². The molecule has 0 spiro atoms. The number of hydrogen-bond acceptors (Lipinski definition) is 3. The van der Waals surface area contributed by atoms with E-state index in [9.17, 15) is 26.3 Å². The van der Waals surface area contributed by atoms with Gasteiger partial charge in [-0.15, -0.1) is 24.8 Å². The maximum atomic E-state index is 13.3. The molecule has 4 nitrogen and oxygen atoms in total. The van der Waals surface area contributed by atoms with Crippen molar-refractivity contribution >= 4 is 24.8 Å². The molecule has 2 aliphatic heterocycles. The van der Waals surface area contributed by atoms with E-state index in [1.807, 2.05) is 48.1 Å². The molecule has 5 rings (SSSR count). The summed E-state index contributed by atoms with van der Waals surface area (Å²) >= 11 is 0. The Hall–Kier alpha value is -2.27. The van der Waals surface area contributed by atoms with Crippen LogP contribution >= 0.6 is 24.8 Å². The highest BCUT2D eigenvalue weighted by Gasteiger charge is 2.55. The Labute approximate surface area is 228 Å². The normalized spacial score (nSPS) is 25.0. The van der Waals surface area contributed by atoms with Crippen molar-refractivity contribution in [2.24, 2.45) is 7.05 Å². The number of hydrogen-bond donors (Lipinski definition) is 1. The number of alkyl halides is 6. The topological polar surface area (TPSA) is 39.1 Å². The summed E-state index contributed by atoms with van der Waals surface area (Å²) in [6, 6.07) is 11.4. The molecule has 12 heteroatoms. The molecule has 1 N–H and O–H groups in total. The van der Waals surface area contributed by atoms with Gasteiger partial charge >= 0.3 is 12.4 Å². The predicted molar refractivity (Wildman–Crippen MR) is 134 cm³/mol. The average Bonchev–Trinajstić information content (AvgIpc) is 3.39. The third-order valence-electron chi connectivity index (χ3n) is 7.34. The van der Waals surface area contributed by atoms with E-state index in [2.05, 4.69) is 10.3 Å². The van der Waals surface area contributed by atoms with E-state index in [0.717, 1.165) is 29.9 Å². The van der Waals surface area contributed by atoms with Crippen LogP contribution in [0.4, 0.5) is 26.3 Å². The standard InChI is InChI=1S/C26H25F6N3O.2ClH/c1-35-10-9-33-23(35)20-14-24(17-5-3-2-4-6-17)22(8-7-21(20)34-24)36-15-16-11-18(25(27,28)29)13-19(12-16)26(30,31)32;;/h2-6,9-13,20-22,34H,7-8,14-15H2,1H3;2*1H/t20-,21+,22-,24-;;/m1../s1. The zero-order valence-corrected chi connectivity index (χ0v) is 21.9. The zero-order chi connectivity index (χ0) is 25.7. The van der Waals surface area contributed by atoms with Gasteiger partial charge in [0.1, 0.15) is 5.82 Å². The Morgan fingerprint density at radius 1 is 0.974 bits per heavy atom. The van der Waals surface area contributed by atoms with Gasteiger partial charge in [-0.05, 0) is 48.6 Å². The predicted octanol–water partition coefficient (Wildman–Crippen LogP) is 7.02. The maximum absolute atomic E-state index is 13.3. The molecule has 0 saturated carbocycles. The van der Waals surface area contributed by atoms with E-state index in [-0.39, 0.29) is 55.0 Å². The number of aromatic nitrogens is 2. The smallest absolute Gasteiger partial charge is 0.371 e. The third-order valence-corrected chi connectivity index (χ3v) is 7.34. The largest absolute Gasteiger partial charge is 0.416 e. The number of rotatable bonds is 5. The Kier molecular flexibility index (Phi) is 8.82. The number of nitrogens with one attached hydrogen (secondary N) is 1. The molecule has 4 atom stereocenters. The van der Waals surface area contributed by atoms with E-state index in [4.69, 9.17) is 4.74 Å². The number of ether oxygens (including phenoxy) is 1. The lowest BCUT2D eigenvalue weighted by molar-refractivity contribution is -0.143. The van der Waals surface area contributed by atoms with Crippen LogP contribution in [0.15, 0.2) is 60.9 Å². The molecular weight excluding hydrogens is 555 g/mol. The highest BCUT2D eigenvalue weighted by molar-refractivity contribution is 5.85. The summed E-state index contributed by atoms with van der Waals surface area (Å²) in [5.41, 5.74) is -2.52. The first-order valence-corrected chi connectivity index (χ1v) is 11.7. The van der Waals surface area contributed by atoms with E-state index in [1.54, 1.807) is 6.20 Å². The van der Waals surface area contributed by atoms with Crippen LogP contribution in [0.5, 0.6) is 0 Å². The van der Waals surface area contributed by atoms with Crippen molar-refractivity contribution < 1.29 is 31.1 Å². The summed E-state index contributed by atoms with van der Waals surface area (Å²) in [4.78, 5) is 4.54. The van der Waals surface area contributed by atoms with Crippen molar-refractivity contribution in [1.82, 2.24) is 14.9 Å². The molecule has 0 aliphatic carbocycles. The van der Waals surface area contributed by atoms with Crippen LogP contribution in [0.1, 0.15) is 53.3 Å². The monoisotopic (exact) mass is 581 g/mol. The number of imidazole rings is 1. The van der Waals surface area contributed by atoms with Gasteiger partial charge in [-0.1, -0.05) is 30.3 Å². The van der Waals surface area contributed by atoms with Gasteiger partial charge in [-0.25, -0.2) is 4.98 Å². The SMILES string of the molecule is Cl.Cl.Cn1ccnc1[C@@H]1C[C@]2(c3ccccc3)N[C@H]1CC[C@H]2OCc1cc(C(F)(F)F)cc(C(F)(F)F)c1. The number of piperidine rings is 1. The second-order valence-electron chi connectivity index (χ2n) is 9.59. The molecule has 1 aromatic heterocycles. The molecule has 3 heterocycles. The average molecular weight is 582 g/mol. The highest BCUT2D eigenvalue weighted by atomic mass is 35.5. The van der Waals surface area contributed by atoms with Gasteiger partial charge in [-0.3, -0.25) is 0 Å². The highest BCUT2D eigenvalue weighted by Crippen LogP contribution is 2.50. The summed E-state index contributed by atoms with van der Waals surface area (Å²) in [5, 5.41) is 3.71. The van der Waals surface area contributed by atoms with Crippen LogP contribution in [0.2, 0.25) is 0 Å². The second kappa shape index (κ2) is 11.1. The van der Waals surface area contributed by atoms with E-state index in [1.165, 1.54) is 0 Å². The molecule has 38 heavy (non-hydrogen) atoms. The molecule has 0 amide bonds. The van der Waals surface area contributed by atoms with Gasteiger partial charge < -0.3 is 14.6 Å². The lowest BCUT2D eigenvalue weighted by atomic mass is 9.80. The molecule has 2 aromatic carbocycles. The van der Waals surface area contributed by atoms with E-state index in [0.29, 0.717) is 12.8 Å². The number of aryl methyl sites for hydroxylation is 1. The van der Waals surface area contributed by atoms with Gasteiger partial charge in [0.05, 0.1) is 29.4 Å². The number of halogens is 8. The van der Waals surface area contributed by atoms with Crippen molar-refractivity contribution in [3.8, 4) is 0 Å². The summed E-state index contributed by atoms with van der Waals surface area (Å²) in [7, 11) is 1.93. The van der Waals surface area contributed by atoms with Gasteiger partial charge in [0, 0.05) is 31.4 Å². The van der Waals surface area contributed by atoms with Crippen LogP contribution in [0.25, 0.3) is 0 Å². The fourth-order valence-electron chi connectivity index (χ4n) is 5.71. The molecule has 2 saturated heterocycles. The van der Waals surface area contributed by atoms with Crippen LogP contribution in [0.3, 0.4) is 0 Å². The van der Waals surface area contributed by atoms with Crippen molar-refractivity contribution in [1.29, 1.82) is 0 Å². The van der Waals surface area contributed by atoms with E-state index >= 15 is 0 Å². The van der Waals surface area contributed by atoms with Crippen LogP contribution in [-0.4, -0.2) is 21.7 Å². The second-order valence-corrected chi connectivity index (χ2v) is 9.59. The van der Waals surface area contributed by atoms with Crippen molar-refractivity contribution in [2.45, 2.75) is 61.8 Å². The fourth-order valence-corrected chi connectivity index (χ4v) is 5.71. The van der Waals surface area contributed by atoms with Gasteiger partial charge in [0.25, 0.3) is 0 Å². The first kappa shape index (κ1) is 30.3. The van der Waals surface area contributed by atoms with Crippen LogP contribution in [0, 0.1) is 0 Å². The Morgan fingerprint density at radius 3 is 2.16 bits per heavy atom. The fraction of sp³-hybridized carbons (Fsp3) is 0.423. The molecule has 0 unspecified atom stereocenters. The Morgan fingerprint density at radius 2 is 1.61 bits per heavy atom. The summed E-state index contributed by atoms with van der Waals surface area (Å²) in [6.07, 6.45) is -4.63. The number of fused-ring (bicyclic) bond motifs is 2. The molecule has 3 aromatic rings. The first-order valence-electron chi connectivity index (χ1n) is 11.7.